The topological polar surface area (TPSA) is 131 Å². The second kappa shape index (κ2) is 9.25. The number of methoxy groups -OCH3 is 1. The van der Waals surface area contributed by atoms with Crippen LogP contribution in [-0.2, 0) is 20.0 Å². The number of rotatable bonds is 9. The van der Waals surface area contributed by atoms with Gasteiger partial charge in [0.15, 0.2) is 0 Å². The van der Waals surface area contributed by atoms with Gasteiger partial charge in [-0.1, -0.05) is 13.0 Å². The lowest BCUT2D eigenvalue weighted by Crippen LogP contribution is -2.23. The Morgan fingerprint density at radius 1 is 1.03 bits per heavy atom. The highest BCUT2D eigenvalue weighted by atomic mass is 32.2. The van der Waals surface area contributed by atoms with E-state index in [-0.39, 0.29) is 34.2 Å². The van der Waals surface area contributed by atoms with Gasteiger partial charge in [-0.25, -0.2) is 21.6 Å². The summed E-state index contributed by atoms with van der Waals surface area (Å²) in [7, 11) is -5.80. The summed E-state index contributed by atoms with van der Waals surface area (Å²) >= 11 is 0. The summed E-state index contributed by atoms with van der Waals surface area (Å²) in [5.41, 5.74) is 0.746. The molecule has 0 heterocycles. The van der Waals surface area contributed by atoms with Crippen molar-refractivity contribution in [3.8, 4) is 5.75 Å². The zero-order valence-corrected chi connectivity index (χ0v) is 17.9. The van der Waals surface area contributed by atoms with Crippen LogP contribution in [0.2, 0.25) is 0 Å². The fourth-order valence-corrected chi connectivity index (χ4v) is 4.11. The van der Waals surface area contributed by atoms with Crippen molar-refractivity contribution in [3.05, 3.63) is 48.0 Å². The average Bonchev–Trinajstić information content (AvgIpc) is 2.69. The van der Waals surface area contributed by atoms with Gasteiger partial charge in [0.2, 0.25) is 20.0 Å². The molecule has 11 heteroatoms. The number of carbonyl (C=O) groups excluding carboxylic acids is 1. The molecule has 0 bridgehead atoms. The summed E-state index contributed by atoms with van der Waals surface area (Å²) in [5, 5.41) is 2.64. The van der Waals surface area contributed by atoms with Gasteiger partial charge in [-0.05, 0) is 37.3 Å². The molecular weight excluding hydrogens is 418 g/mol. The number of amides is 1. The minimum Gasteiger partial charge on any atom is -0.494 e. The van der Waals surface area contributed by atoms with Gasteiger partial charge in [0, 0.05) is 23.9 Å². The standard InChI is InChI=1S/C18H23N3O6S2/c1-4-19-29(25,26)15-8-6-7-13(11-15)18(22)20-14-9-10-16(17(12-14)27-3)21-28(23,24)5-2/h6-12,19,21H,4-5H2,1-3H3,(H,20,22). The van der Waals surface area contributed by atoms with Gasteiger partial charge in [0.1, 0.15) is 5.75 Å². The minimum atomic E-state index is -3.69. The van der Waals surface area contributed by atoms with Crippen LogP contribution in [0.1, 0.15) is 24.2 Å². The summed E-state index contributed by atoms with van der Waals surface area (Å²) in [6.45, 7) is 3.40. The zero-order valence-electron chi connectivity index (χ0n) is 16.2. The quantitative estimate of drug-likeness (QED) is 0.546. The lowest BCUT2D eigenvalue weighted by atomic mass is 10.2. The van der Waals surface area contributed by atoms with Crippen LogP contribution in [0.15, 0.2) is 47.4 Å². The van der Waals surface area contributed by atoms with Crippen LogP contribution in [0.5, 0.6) is 5.75 Å². The van der Waals surface area contributed by atoms with E-state index in [1.165, 1.54) is 56.5 Å². The predicted molar refractivity (Wildman–Crippen MR) is 111 cm³/mol. The summed E-state index contributed by atoms with van der Waals surface area (Å²) in [4.78, 5) is 12.5. The summed E-state index contributed by atoms with van der Waals surface area (Å²) in [6, 6.07) is 10.1. The Morgan fingerprint density at radius 2 is 1.76 bits per heavy atom. The molecule has 3 N–H and O–H groups in total. The first-order valence-electron chi connectivity index (χ1n) is 8.71. The maximum Gasteiger partial charge on any atom is 0.255 e. The van der Waals surface area contributed by atoms with Gasteiger partial charge in [-0.3, -0.25) is 9.52 Å². The van der Waals surface area contributed by atoms with Crippen molar-refractivity contribution in [2.45, 2.75) is 18.7 Å². The third-order valence-electron chi connectivity index (χ3n) is 3.85. The average molecular weight is 442 g/mol. The largest absolute Gasteiger partial charge is 0.494 e. The number of carbonyl (C=O) groups is 1. The van der Waals surface area contributed by atoms with Crippen LogP contribution in [0, 0.1) is 0 Å². The van der Waals surface area contributed by atoms with Crippen molar-refractivity contribution in [2.24, 2.45) is 0 Å². The molecule has 0 aliphatic carbocycles. The Kier molecular flexibility index (Phi) is 7.22. The van der Waals surface area contributed by atoms with Gasteiger partial charge >= 0.3 is 0 Å². The molecule has 1 amide bonds. The normalized spacial score (nSPS) is 11.7. The Bertz CT molecular complexity index is 1100. The fourth-order valence-electron chi connectivity index (χ4n) is 2.37. The van der Waals surface area contributed by atoms with E-state index in [1.807, 2.05) is 0 Å². The van der Waals surface area contributed by atoms with Crippen molar-refractivity contribution >= 4 is 37.3 Å². The second-order valence-electron chi connectivity index (χ2n) is 5.90. The third kappa shape index (κ3) is 5.92. The van der Waals surface area contributed by atoms with Gasteiger partial charge < -0.3 is 10.1 Å². The number of benzene rings is 2. The fraction of sp³-hybridized carbons (Fsp3) is 0.278. The van der Waals surface area contributed by atoms with Crippen molar-refractivity contribution in [3.63, 3.8) is 0 Å². The monoisotopic (exact) mass is 441 g/mol. The Balaban J connectivity index is 2.25. The molecule has 2 rings (SSSR count). The van der Waals surface area contributed by atoms with E-state index in [0.717, 1.165) is 0 Å². The van der Waals surface area contributed by atoms with Crippen LogP contribution in [0.25, 0.3) is 0 Å². The maximum atomic E-state index is 12.5. The second-order valence-corrected chi connectivity index (χ2v) is 9.68. The Morgan fingerprint density at radius 3 is 2.38 bits per heavy atom. The van der Waals surface area contributed by atoms with E-state index in [9.17, 15) is 21.6 Å². The molecule has 9 nitrogen and oxygen atoms in total. The lowest BCUT2D eigenvalue weighted by Gasteiger charge is -2.13. The molecule has 2 aromatic carbocycles. The number of nitrogens with one attached hydrogen (secondary N) is 3. The molecule has 0 aliphatic rings. The highest BCUT2D eigenvalue weighted by Gasteiger charge is 2.16. The number of hydrogen-bond donors (Lipinski definition) is 3. The minimum absolute atomic E-state index is 0.0195. The van der Waals surface area contributed by atoms with E-state index in [0.29, 0.717) is 5.69 Å². The molecule has 0 saturated heterocycles. The number of hydrogen-bond acceptors (Lipinski definition) is 6. The van der Waals surface area contributed by atoms with Crippen LogP contribution in [-0.4, -0.2) is 42.2 Å². The van der Waals surface area contributed by atoms with E-state index in [1.54, 1.807) is 6.92 Å². The molecule has 0 radical (unpaired) electrons. The zero-order chi connectivity index (χ0) is 21.7. The van der Waals surface area contributed by atoms with Crippen molar-refractivity contribution in [1.29, 1.82) is 0 Å². The highest BCUT2D eigenvalue weighted by molar-refractivity contribution is 7.92. The first-order valence-corrected chi connectivity index (χ1v) is 11.8. The SMILES string of the molecule is CCNS(=O)(=O)c1cccc(C(=O)Nc2ccc(NS(=O)(=O)CC)c(OC)c2)c1. The molecule has 0 aromatic heterocycles. The summed E-state index contributed by atoms with van der Waals surface area (Å²) in [6.07, 6.45) is 0. The molecule has 0 fully saturated rings. The molecule has 0 saturated carbocycles. The van der Waals surface area contributed by atoms with E-state index < -0.39 is 26.0 Å². The van der Waals surface area contributed by atoms with Crippen LogP contribution in [0.3, 0.4) is 0 Å². The first kappa shape index (κ1) is 22.7. The van der Waals surface area contributed by atoms with Gasteiger partial charge in [-0.2, -0.15) is 0 Å². The molecular formula is C18H23N3O6S2. The van der Waals surface area contributed by atoms with Gasteiger partial charge in [0.25, 0.3) is 5.91 Å². The molecule has 158 valence electrons. The maximum absolute atomic E-state index is 12.5. The molecule has 0 unspecified atom stereocenters. The molecule has 0 spiro atoms. The third-order valence-corrected chi connectivity index (χ3v) is 6.68. The smallest absolute Gasteiger partial charge is 0.255 e. The van der Waals surface area contributed by atoms with Gasteiger partial charge in [-0.15, -0.1) is 0 Å². The highest BCUT2D eigenvalue weighted by Crippen LogP contribution is 2.29. The van der Waals surface area contributed by atoms with Crippen molar-refractivity contribution < 1.29 is 26.4 Å². The lowest BCUT2D eigenvalue weighted by molar-refractivity contribution is 0.102. The van der Waals surface area contributed by atoms with Crippen molar-refractivity contribution in [1.82, 2.24) is 4.72 Å². The molecule has 2 aromatic rings. The van der Waals surface area contributed by atoms with E-state index in [4.69, 9.17) is 4.74 Å². The van der Waals surface area contributed by atoms with Crippen LogP contribution in [0.4, 0.5) is 11.4 Å². The van der Waals surface area contributed by atoms with Crippen LogP contribution >= 0.6 is 0 Å². The molecule has 0 aliphatic heterocycles. The molecule has 29 heavy (non-hydrogen) atoms. The Labute approximate surface area is 170 Å². The van der Waals surface area contributed by atoms with Crippen LogP contribution < -0.4 is 19.5 Å². The van der Waals surface area contributed by atoms with Crippen molar-refractivity contribution in [2.75, 3.05) is 29.4 Å². The Hall–Kier alpha value is -2.63. The predicted octanol–water partition coefficient (Wildman–Crippen LogP) is 2.01. The number of anilines is 2. The first-order chi connectivity index (χ1) is 13.6. The number of ether oxygens (including phenoxy) is 1. The summed E-state index contributed by atoms with van der Waals surface area (Å²) < 4.78 is 57.7. The summed E-state index contributed by atoms with van der Waals surface area (Å²) in [5.74, 6) is -0.397. The molecule has 0 atom stereocenters. The van der Waals surface area contributed by atoms with E-state index in [2.05, 4.69) is 14.8 Å². The van der Waals surface area contributed by atoms with E-state index >= 15 is 0 Å². The number of sulfonamides is 2. The van der Waals surface area contributed by atoms with Gasteiger partial charge in [0.05, 0.1) is 23.4 Å².